The van der Waals surface area contributed by atoms with E-state index in [-0.39, 0.29) is 5.91 Å². The molecule has 0 aliphatic carbocycles. The molecular weight excluding hydrogens is 252 g/mol. The fourth-order valence-corrected chi connectivity index (χ4v) is 1.76. The minimum Gasteiger partial charge on any atom is -0.354 e. The topological polar surface area (TPSA) is 58.1 Å². The summed E-state index contributed by atoms with van der Waals surface area (Å²) in [7, 11) is 1.96. The van der Waals surface area contributed by atoms with Gasteiger partial charge in [-0.15, -0.1) is 10.2 Å². The van der Waals surface area contributed by atoms with Crippen LogP contribution in [0.3, 0.4) is 0 Å². The average molecular weight is 270 g/mol. The van der Waals surface area contributed by atoms with Gasteiger partial charge < -0.3 is 10.2 Å². The summed E-state index contributed by atoms with van der Waals surface area (Å²) in [4.78, 5) is 13.3. The molecule has 1 heterocycles. The number of anilines is 2. The van der Waals surface area contributed by atoms with E-state index < -0.39 is 0 Å². The van der Waals surface area contributed by atoms with Crippen molar-refractivity contribution in [3.8, 4) is 0 Å². The molecule has 104 valence electrons. The molecule has 2 aromatic rings. The van der Waals surface area contributed by atoms with Gasteiger partial charge in [0.05, 0.1) is 0 Å². The lowest BCUT2D eigenvalue weighted by Crippen LogP contribution is -2.18. The fraction of sp³-hybridized carbons (Fsp3) is 0.267. The normalized spacial score (nSPS) is 10.1. The number of carbonyl (C=O) groups excluding carboxylic acids is 1. The zero-order valence-electron chi connectivity index (χ0n) is 11.7. The van der Waals surface area contributed by atoms with Crippen molar-refractivity contribution in [3.05, 3.63) is 48.0 Å². The largest absolute Gasteiger partial charge is 0.354 e. The van der Waals surface area contributed by atoms with Gasteiger partial charge >= 0.3 is 0 Å². The van der Waals surface area contributed by atoms with Crippen LogP contribution in [0.5, 0.6) is 0 Å². The van der Waals surface area contributed by atoms with Gasteiger partial charge in [0.25, 0.3) is 0 Å². The molecule has 0 aliphatic heterocycles. The Morgan fingerprint density at radius 1 is 1.15 bits per heavy atom. The zero-order chi connectivity index (χ0) is 14.4. The fourth-order valence-electron chi connectivity index (χ4n) is 1.76. The number of hydrogen-bond donors (Lipinski definition) is 1. The molecule has 0 bridgehead atoms. The van der Waals surface area contributed by atoms with Crippen LogP contribution in [0.2, 0.25) is 0 Å². The first kappa shape index (κ1) is 14.0. The summed E-state index contributed by atoms with van der Waals surface area (Å²) >= 11 is 0. The lowest BCUT2D eigenvalue weighted by molar-refractivity contribution is -0.115. The van der Waals surface area contributed by atoms with Crippen molar-refractivity contribution in [2.75, 3.05) is 17.3 Å². The van der Waals surface area contributed by atoms with Crippen molar-refractivity contribution >= 4 is 17.5 Å². The highest BCUT2D eigenvalue weighted by molar-refractivity contribution is 5.89. The first-order chi connectivity index (χ1) is 9.69. The Morgan fingerprint density at radius 3 is 2.50 bits per heavy atom. The first-order valence-electron chi connectivity index (χ1n) is 6.57. The Labute approximate surface area is 118 Å². The van der Waals surface area contributed by atoms with Crippen LogP contribution in [-0.4, -0.2) is 23.2 Å². The number of carbonyl (C=O) groups is 1. The van der Waals surface area contributed by atoms with Crippen LogP contribution in [0.25, 0.3) is 0 Å². The molecule has 0 fully saturated rings. The number of benzene rings is 1. The molecular formula is C15H18N4O. The Hall–Kier alpha value is -2.43. The third-order valence-electron chi connectivity index (χ3n) is 2.89. The Morgan fingerprint density at radius 2 is 1.90 bits per heavy atom. The van der Waals surface area contributed by atoms with Crippen LogP contribution in [0.15, 0.2) is 42.5 Å². The number of nitrogens with one attached hydrogen (secondary N) is 1. The van der Waals surface area contributed by atoms with Crippen molar-refractivity contribution in [2.45, 2.75) is 19.9 Å². The van der Waals surface area contributed by atoms with Gasteiger partial charge in [-0.05, 0) is 17.7 Å². The van der Waals surface area contributed by atoms with Crippen LogP contribution < -0.4 is 10.2 Å². The first-order valence-corrected chi connectivity index (χ1v) is 6.57. The maximum atomic E-state index is 11.3. The molecule has 5 nitrogen and oxygen atoms in total. The molecule has 20 heavy (non-hydrogen) atoms. The summed E-state index contributed by atoms with van der Waals surface area (Å²) in [6.45, 7) is 2.56. The zero-order valence-corrected chi connectivity index (χ0v) is 11.7. The second kappa shape index (κ2) is 6.65. The van der Waals surface area contributed by atoms with Crippen LogP contribution in [0.1, 0.15) is 18.9 Å². The van der Waals surface area contributed by atoms with Crippen molar-refractivity contribution in [1.29, 1.82) is 0 Å². The molecule has 0 saturated heterocycles. The number of hydrogen-bond acceptors (Lipinski definition) is 4. The summed E-state index contributed by atoms with van der Waals surface area (Å²) in [5, 5.41) is 10.8. The van der Waals surface area contributed by atoms with E-state index in [1.165, 1.54) is 5.56 Å². The highest BCUT2D eigenvalue weighted by Gasteiger charge is 2.05. The summed E-state index contributed by atoms with van der Waals surface area (Å²) < 4.78 is 0. The SMILES string of the molecule is CCC(=O)Nc1ccc(N(C)Cc2ccccc2)nn1. The van der Waals surface area contributed by atoms with Crippen LogP contribution >= 0.6 is 0 Å². The summed E-state index contributed by atoms with van der Waals surface area (Å²) in [6.07, 6.45) is 0.428. The lowest BCUT2D eigenvalue weighted by Gasteiger charge is -2.17. The summed E-state index contributed by atoms with van der Waals surface area (Å²) in [5.74, 6) is 1.18. The highest BCUT2D eigenvalue weighted by Crippen LogP contribution is 2.13. The number of rotatable bonds is 5. The van der Waals surface area contributed by atoms with E-state index in [0.29, 0.717) is 12.2 Å². The van der Waals surface area contributed by atoms with E-state index in [4.69, 9.17) is 0 Å². The summed E-state index contributed by atoms with van der Waals surface area (Å²) in [6, 6.07) is 13.8. The molecule has 1 aromatic heterocycles. The monoisotopic (exact) mass is 270 g/mol. The van der Waals surface area contributed by atoms with Gasteiger partial charge in [-0.1, -0.05) is 37.3 Å². The lowest BCUT2D eigenvalue weighted by atomic mass is 10.2. The Kier molecular flexibility index (Phi) is 4.65. The van der Waals surface area contributed by atoms with E-state index in [9.17, 15) is 4.79 Å². The Bertz CT molecular complexity index is 554. The molecule has 0 unspecified atom stereocenters. The van der Waals surface area contributed by atoms with E-state index in [2.05, 4.69) is 27.6 Å². The number of nitrogens with zero attached hydrogens (tertiary/aromatic N) is 3. The maximum Gasteiger partial charge on any atom is 0.225 e. The van der Waals surface area contributed by atoms with Crippen LogP contribution in [0.4, 0.5) is 11.6 Å². The van der Waals surface area contributed by atoms with Crippen LogP contribution in [0, 0.1) is 0 Å². The molecule has 1 amide bonds. The van der Waals surface area contributed by atoms with Gasteiger partial charge in [-0.25, -0.2) is 0 Å². The molecule has 2 rings (SSSR count). The summed E-state index contributed by atoms with van der Waals surface area (Å²) in [5.41, 5.74) is 1.21. The van der Waals surface area contributed by atoms with Gasteiger partial charge in [-0.3, -0.25) is 4.79 Å². The molecule has 1 N–H and O–H groups in total. The quantitative estimate of drug-likeness (QED) is 0.906. The van der Waals surface area contributed by atoms with Crippen molar-refractivity contribution in [2.24, 2.45) is 0 Å². The molecule has 0 radical (unpaired) electrons. The van der Waals surface area contributed by atoms with E-state index in [1.54, 1.807) is 13.0 Å². The van der Waals surface area contributed by atoms with Crippen LogP contribution in [-0.2, 0) is 11.3 Å². The molecule has 0 saturated carbocycles. The maximum absolute atomic E-state index is 11.3. The molecule has 0 spiro atoms. The molecule has 1 aromatic carbocycles. The van der Waals surface area contributed by atoms with Gasteiger partial charge in [0.1, 0.15) is 0 Å². The van der Waals surface area contributed by atoms with E-state index in [1.807, 2.05) is 36.2 Å². The average Bonchev–Trinajstić information content (AvgIpc) is 2.49. The smallest absolute Gasteiger partial charge is 0.225 e. The van der Waals surface area contributed by atoms with Gasteiger partial charge in [0.15, 0.2) is 11.6 Å². The van der Waals surface area contributed by atoms with Crippen molar-refractivity contribution in [3.63, 3.8) is 0 Å². The minimum absolute atomic E-state index is 0.0651. The highest BCUT2D eigenvalue weighted by atomic mass is 16.1. The molecule has 5 heteroatoms. The predicted octanol–water partition coefficient (Wildman–Crippen LogP) is 2.46. The molecule has 0 aliphatic rings. The number of aromatic nitrogens is 2. The minimum atomic E-state index is -0.0651. The van der Waals surface area contributed by atoms with E-state index >= 15 is 0 Å². The standard InChI is InChI=1S/C15H18N4O/c1-3-15(20)16-13-9-10-14(18-17-13)19(2)11-12-7-5-4-6-8-12/h4-10H,3,11H2,1-2H3,(H,16,17,20). The van der Waals surface area contributed by atoms with E-state index in [0.717, 1.165) is 12.4 Å². The van der Waals surface area contributed by atoms with Gasteiger partial charge in [0.2, 0.25) is 5.91 Å². The molecule has 0 atom stereocenters. The third-order valence-corrected chi connectivity index (χ3v) is 2.89. The van der Waals surface area contributed by atoms with Gasteiger partial charge in [-0.2, -0.15) is 0 Å². The third kappa shape index (κ3) is 3.78. The Balaban J connectivity index is 2.00. The number of amides is 1. The van der Waals surface area contributed by atoms with Gasteiger partial charge in [0, 0.05) is 20.0 Å². The predicted molar refractivity (Wildman–Crippen MR) is 79.5 cm³/mol. The second-order valence-electron chi connectivity index (χ2n) is 4.52. The second-order valence-corrected chi connectivity index (χ2v) is 4.52. The van der Waals surface area contributed by atoms with Crippen molar-refractivity contribution < 1.29 is 4.79 Å². The van der Waals surface area contributed by atoms with Crippen molar-refractivity contribution in [1.82, 2.24) is 10.2 Å².